The SMILES string of the molecule is CCC1CCCc2scc(CNC(C)C)c21. The molecule has 0 fully saturated rings. The highest BCUT2D eigenvalue weighted by Crippen LogP contribution is 2.39. The third-order valence-corrected chi connectivity index (χ3v) is 4.66. The predicted molar refractivity (Wildman–Crippen MR) is 72.3 cm³/mol. The second-order valence-electron chi connectivity index (χ2n) is 5.13. The molecule has 90 valence electrons. The van der Waals surface area contributed by atoms with Crippen LogP contribution in [0.1, 0.15) is 62.0 Å². The first-order valence-electron chi connectivity index (χ1n) is 6.54. The van der Waals surface area contributed by atoms with Crippen LogP contribution in [0.3, 0.4) is 0 Å². The van der Waals surface area contributed by atoms with Gasteiger partial charge in [-0.05, 0) is 48.1 Å². The molecule has 1 aliphatic carbocycles. The molecule has 1 aliphatic rings. The van der Waals surface area contributed by atoms with Gasteiger partial charge in [0.1, 0.15) is 0 Å². The van der Waals surface area contributed by atoms with Gasteiger partial charge in [0.2, 0.25) is 0 Å². The van der Waals surface area contributed by atoms with Gasteiger partial charge in [-0.25, -0.2) is 0 Å². The number of thiophene rings is 1. The second-order valence-corrected chi connectivity index (χ2v) is 6.09. The molecule has 0 radical (unpaired) electrons. The van der Waals surface area contributed by atoms with Crippen molar-refractivity contribution in [2.24, 2.45) is 0 Å². The molecule has 0 saturated heterocycles. The molecule has 0 amide bonds. The molecule has 1 atom stereocenters. The van der Waals surface area contributed by atoms with Crippen LogP contribution in [0.4, 0.5) is 0 Å². The summed E-state index contributed by atoms with van der Waals surface area (Å²) >= 11 is 1.98. The standard InChI is InChI=1S/C14H23NS/c1-4-11-6-5-7-13-14(11)12(9-16-13)8-15-10(2)3/h9-11,15H,4-8H2,1-3H3. The van der Waals surface area contributed by atoms with Gasteiger partial charge in [0.05, 0.1) is 0 Å². The van der Waals surface area contributed by atoms with E-state index in [0.29, 0.717) is 6.04 Å². The van der Waals surface area contributed by atoms with E-state index in [-0.39, 0.29) is 0 Å². The minimum absolute atomic E-state index is 0.583. The van der Waals surface area contributed by atoms with Crippen LogP contribution in [-0.2, 0) is 13.0 Å². The van der Waals surface area contributed by atoms with Crippen molar-refractivity contribution in [2.75, 3.05) is 0 Å². The third-order valence-electron chi connectivity index (χ3n) is 3.55. The highest BCUT2D eigenvalue weighted by atomic mass is 32.1. The van der Waals surface area contributed by atoms with Crippen molar-refractivity contribution in [1.82, 2.24) is 5.32 Å². The number of hydrogen-bond donors (Lipinski definition) is 1. The lowest BCUT2D eigenvalue weighted by molar-refractivity contribution is 0.531. The summed E-state index contributed by atoms with van der Waals surface area (Å²) in [5.41, 5.74) is 3.27. The highest BCUT2D eigenvalue weighted by Gasteiger charge is 2.23. The predicted octanol–water partition coefficient (Wildman–Crippen LogP) is 4.08. The van der Waals surface area contributed by atoms with E-state index in [1.165, 1.54) is 25.7 Å². The Kier molecular flexibility index (Phi) is 4.04. The maximum absolute atomic E-state index is 3.55. The third kappa shape index (κ3) is 2.49. The quantitative estimate of drug-likeness (QED) is 0.832. The summed E-state index contributed by atoms with van der Waals surface area (Å²) in [4.78, 5) is 1.67. The van der Waals surface area contributed by atoms with Crippen molar-refractivity contribution in [3.63, 3.8) is 0 Å². The molecule has 0 aromatic carbocycles. The van der Waals surface area contributed by atoms with E-state index in [1.807, 2.05) is 11.3 Å². The topological polar surface area (TPSA) is 12.0 Å². The average molecular weight is 237 g/mol. The first kappa shape index (κ1) is 12.1. The molecule has 0 bridgehead atoms. The van der Waals surface area contributed by atoms with E-state index in [1.54, 1.807) is 16.0 Å². The summed E-state index contributed by atoms with van der Waals surface area (Å²) in [5, 5.41) is 5.93. The monoisotopic (exact) mass is 237 g/mol. The second kappa shape index (κ2) is 5.33. The van der Waals surface area contributed by atoms with Crippen LogP contribution in [0.25, 0.3) is 0 Å². The van der Waals surface area contributed by atoms with Crippen molar-refractivity contribution < 1.29 is 0 Å². The number of nitrogens with one attached hydrogen (secondary N) is 1. The summed E-state index contributed by atoms with van der Waals surface area (Å²) in [7, 11) is 0. The number of rotatable bonds is 4. The van der Waals surface area contributed by atoms with Gasteiger partial charge in [-0.2, -0.15) is 0 Å². The lowest BCUT2D eigenvalue weighted by atomic mass is 9.83. The van der Waals surface area contributed by atoms with Crippen LogP contribution in [0.2, 0.25) is 0 Å². The van der Waals surface area contributed by atoms with E-state index in [4.69, 9.17) is 0 Å². The maximum Gasteiger partial charge on any atom is 0.0219 e. The fraction of sp³-hybridized carbons (Fsp3) is 0.714. The summed E-state index contributed by atoms with van der Waals surface area (Å²) in [5.74, 6) is 0.832. The van der Waals surface area contributed by atoms with E-state index in [0.717, 1.165) is 12.5 Å². The molecular formula is C14H23NS. The molecule has 1 aromatic heterocycles. The molecule has 0 spiro atoms. The van der Waals surface area contributed by atoms with Crippen LogP contribution in [0.15, 0.2) is 5.38 Å². The zero-order chi connectivity index (χ0) is 11.5. The Morgan fingerprint density at radius 1 is 1.50 bits per heavy atom. The van der Waals surface area contributed by atoms with Crippen LogP contribution < -0.4 is 5.32 Å². The number of aryl methyl sites for hydroxylation is 1. The van der Waals surface area contributed by atoms with E-state index < -0.39 is 0 Å². The fourth-order valence-electron chi connectivity index (χ4n) is 2.64. The van der Waals surface area contributed by atoms with Crippen molar-refractivity contribution in [2.45, 2.75) is 65.0 Å². The minimum Gasteiger partial charge on any atom is -0.310 e. The maximum atomic E-state index is 3.55. The van der Waals surface area contributed by atoms with Gasteiger partial charge in [-0.15, -0.1) is 11.3 Å². The van der Waals surface area contributed by atoms with Crippen molar-refractivity contribution >= 4 is 11.3 Å². The minimum atomic E-state index is 0.583. The molecule has 0 saturated carbocycles. The Hall–Kier alpha value is -0.340. The molecule has 1 N–H and O–H groups in total. The Balaban J connectivity index is 2.17. The molecule has 0 aliphatic heterocycles. The largest absolute Gasteiger partial charge is 0.310 e. The molecule has 1 aromatic rings. The van der Waals surface area contributed by atoms with E-state index in [9.17, 15) is 0 Å². The first-order chi connectivity index (χ1) is 7.72. The molecule has 2 rings (SSSR count). The van der Waals surface area contributed by atoms with Gasteiger partial charge in [0, 0.05) is 17.5 Å². The van der Waals surface area contributed by atoms with Crippen molar-refractivity contribution in [1.29, 1.82) is 0 Å². The van der Waals surface area contributed by atoms with Crippen molar-refractivity contribution in [3.05, 3.63) is 21.4 Å². The van der Waals surface area contributed by atoms with Crippen LogP contribution >= 0.6 is 11.3 Å². The summed E-state index contributed by atoms with van der Waals surface area (Å²) in [6.45, 7) is 7.82. The fourth-order valence-corrected chi connectivity index (χ4v) is 3.83. The zero-order valence-electron chi connectivity index (χ0n) is 10.7. The van der Waals surface area contributed by atoms with Crippen LogP contribution in [0, 0.1) is 0 Å². The summed E-state index contributed by atoms with van der Waals surface area (Å²) < 4.78 is 0. The van der Waals surface area contributed by atoms with Gasteiger partial charge in [-0.1, -0.05) is 20.8 Å². The van der Waals surface area contributed by atoms with Crippen LogP contribution in [-0.4, -0.2) is 6.04 Å². The molecular weight excluding hydrogens is 214 g/mol. The highest BCUT2D eigenvalue weighted by molar-refractivity contribution is 7.10. The Morgan fingerprint density at radius 2 is 2.31 bits per heavy atom. The molecule has 1 heterocycles. The van der Waals surface area contributed by atoms with Gasteiger partial charge in [0.15, 0.2) is 0 Å². The Bertz CT molecular complexity index is 341. The van der Waals surface area contributed by atoms with Gasteiger partial charge in [-0.3, -0.25) is 0 Å². The zero-order valence-corrected chi connectivity index (χ0v) is 11.5. The Labute approximate surface area is 103 Å². The Morgan fingerprint density at radius 3 is 3.00 bits per heavy atom. The van der Waals surface area contributed by atoms with E-state index in [2.05, 4.69) is 31.5 Å². The van der Waals surface area contributed by atoms with E-state index >= 15 is 0 Å². The number of hydrogen-bond acceptors (Lipinski definition) is 2. The molecule has 2 heteroatoms. The summed E-state index contributed by atoms with van der Waals surface area (Å²) in [6.07, 6.45) is 5.41. The van der Waals surface area contributed by atoms with Crippen molar-refractivity contribution in [3.8, 4) is 0 Å². The first-order valence-corrected chi connectivity index (χ1v) is 7.42. The lowest BCUT2D eigenvalue weighted by Gasteiger charge is -2.23. The molecule has 1 unspecified atom stereocenters. The van der Waals surface area contributed by atoms with Crippen LogP contribution in [0.5, 0.6) is 0 Å². The molecule has 16 heavy (non-hydrogen) atoms. The lowest BCUT2D eigenvalue weighted by Crippen LogP contribution is -2.23. The van der Waals surface area contributed by atoms with Gasteiger partial charge in [0.25, 0.3) is 0 Å². The average Bonchev–Trinajstić information content (AvgIpc) is 2.69. The number of fused-ring (bicyclic) bond motifs is 1. The smallest absolute Gasteiger partial charge is 0.0219 e. The normalized spacial score (nSPS) is 20.1. The molecule has 1 nitrogen and oxygen atoms in total. The van der Waals surface area contributed by atoms with Gasteiger partial charge >= 0.3 is 0 Å². The summed E-state index contributed by atoms with van der Waals surface area (Å²) in [6, 6.07) is 0.583. The van der Waals surface area contributed by atoms with Gasteiger partial charge < -0.3 is 5.32 Å².